The molecule has 8 heteroatoms. The molecule has 1 saturated heterocycles. The quantitative estimate of drug-likeness (QED) is 0.759. The Balaban J connectivity index is 2.03. The van der Waals surface area contributed by atoms with Crippen LogP contribution in [0.5, 0.6) is 0 Å². The summed E-state index contributed by atoms with van der Waals surface area (Å²) in [7, 11) is 0. The summed E-state index contributed by atoms with van der Waals surface area (Å²) in [6.45, 7) is 8.12. The first-order chi connectivity index (χ1) is 9.69. The molecule has 1 unspecified atom stereocenters. The van der Waals surface area contributed by atoms with Gasteiger partial charge in [0.05, 0.1) is 19.8 Å². The van der Waals surface area contributed by atoms with E-state index in [1.807, 2.05) is 18.7 Å². The van der Waals surface area contributed by atoms with E-state index in [9.17, 15) is 0 Å². The summed E-state index contributed by atoms with van der Waals surface area (Å²) in [5, 5.41) is 3.17. The molecule has 0 aromatic carbocycles. The molecule has 2 rings (SSSR count). The lowest BCUT2D eigenvalue weighted by Crippen LogP contribution is -2.37. The molecule has 1 aliphatic rings. The fraction of sp³-hybridized carbons (Fsp3) is 0.750. The lowest BCUT2D eigenvalue weighted by molar-refractivity contribution is 0.122. The van der Waals surface area contributed by atoms with Crippen molar-refractivity contribution >= 4 is 17.8 Å². The van der Waals surface area contributed by atoms with Crippen molar-refractivity contribution in [3.63, 3.8) is 0 Å². The van der Waals surface area contributed by atoms with Crippen LogP contribution in [0.4, 0.5) is 17.8 Å². The molecule has 1 aromatic rings. The van der Waals surface area contributed by atoms with E-state index in [4.69, 9.17) is 15.2 Å². The van der Waals surface area contributed by atoms with Crippen LogP contribution in [-0.2, 0) is 9.47 Å². The van der Waals surface area contributed by atoms with Crippen molar-refractivity contribution in [2.24, 2.45) is 0 Å². The van der Waals surface area contributed by atoms with Crippen LogP contribution in [0.1, 0.15) is 13.8 Å². The van der Waals surface area contributed by atoms with Gasteiger partial charge in [-0.15, -0.1) is 0 Å². The predicted molar refractivity (Wildman–Crippen MR) is 76.8 cm³/mol. The van der Waals surface area contributed by atoms with E-state index in [-0.39, 0.29) is 12.0 Å². The number of anilines is 3. The third-order valence-corrected chi connectivity index (χ3v) is 2.88. The molecule has 0 amide bonds. The van der Waals surface area contributed by atoms with E-state index in [1.54, 1.807) is 0 Å². The molecule has 0 aliphatic carbocycles. The maximum Gasteiger partial charge on any atom is 0.232 e. The Kier molecular flexibility index (Phi) is 5.31. The van der Waals surface area contributed by atoms with Gasteiger partial charge in [0.2, 0.25) is 17.8 Å². The summed E-state index contributed by atoms with van der Waals surface area (Å²) in [5.74, 6) is 1.28. The van der Waals surface area contributed by atoms with Crippen molar-refractivity contribution in [1.29, 1.82) is 0 Å². The molecule has 1 fully saturated rings. The van der Waals surface area contributed by atoms with Crippen LogP contribution in [0.15, 0.2) is 0 Å². The smallest absolute Gasteiger partial charge is 0.232 e. The Morgan fingerprint density at radius 1 is 1.35 bits per heavy atom. The summed E-state index contributed by atoms with van der Waals surface area (Å²) in [6, 6.07) is 0.106. The van der Waals surface area contributed by atoms with Gasteiger partial charge in [-0.3, -0.25) is 0 Å². The Bertz CT molecular complexity index is 424. The maximum atomic E-state index is 5.75. The second-order valence-corrected chi connectivity index (χ2v) is 4.62. The minimum Gasteiger partial charge on any atom is -0.380 e. The highest BCUT2D eigenvalue weighted by molar-refractivity contribution is 5.42. The zero-order chi connectivity index (χ0) is 14.4. The molecular formula is C12H22N6O2. The van der Waals surface area contributed by atoms with E-state index in [0.717, 1.165) is 13.1 Å². The highest BCUT2D eigenvalue weighted by Gasteiger charge is 2.16. The van der Waals surface area contributed by atoms with Crippen molar-refractivity contribution < 1.29 is 9.47 Å². The lowest BCUT2D eigenvalue weighted by atomic mass is 10.4. The molecule has 3 N–H and O–H groups in total. The van der Waals surface area contributed by atoms with Crippen LogP contribution in [0.3, 0.4) is 0 Å². The van der Waals surface area contributed by atoms with Crippen molar-refractivity contribution in [1.82, 2.24) is 15.0 Å². The number of hydrogen-bond donors (Lipinski definition) is 2. The fourth-order valence-electron chi connectivity index (χ4n) is 1.91. The molecule has 0 bridgehead atoms. The van der Waals surface area contributed by atoms with Gasteiger partial charge in [-0.1, -0.05) is 0 Å². The number of hydrogen-bond acceptors (Lipinski definition) is 8. The third kappa shape index (κ3) is 4.17. The molecule has 1 aliphatic heterocycles. The normalized spacial score (nSPS) is 17.0. The first kappa shape index (κ1) is 14.7. The van der Waals surface area contributed by atoms with Gasteiger partial charge < -0.3 is 25.4 Å². The summed E-state index contributed by atoms with van der Waals surface area (Å²) in [6.07, 6.45) is 0. The highest BCUT2D eigenvalue weighted by Crippen LogP contribution is 2.14. The van der Waals surface area contributed by atoms with Crippen molar-refractivity contribution in [2.75, 3.05) is 55.5 Å². The van der Waals surface area contributed by atoms with Gasteiger partial charge in [-0.2, -0.15) is 15.0 Å². The van der Waals surface area contributed by atoms with Gasteiger partial charge in [0.1, 0.15) is 0 Å². The van der Waals surface area contributed by atoms with Crippen molar-refractivity contribution in [3.8, 4) is 0 Å². The average molecular weight is 282 g/mol. The molecule has 0 saturated carbocycles. The van der Waals surface area contributed by atoms with Gasteiger partial charge in [0, 0.05) is 25.7 Å². The number of nitrogens with one attached hydrogen (secondary N) is 1. The van der Waals surface area contributed by atoms with Crippen LogP contribution in [0.2, 0.25) is 0 Å². The van der Waals surface area contributed by atoms with Crippen LogP contribution in [0.25, 0.3) is 0 Å². The molecule has 112 valence electrons. The van der Waals surface area contributed by atoms with E-state index in [2.05, 4.69) is 20.3 Å². The number of ether oxygens (including phenoxy) is 2. The van der Waals surface area contributed by atoms with Gasteiger partial charge in [0.25, 0.3) is 0 Å². The zero-order valence-electron chi connectivity index (χ0n) is 12.0. The summed E-state index contributed by atoms with van der Waals surface area (Å²) in [4.78, 5) is 14.7. The second-order valence-electron chi connectivity index (χ2n) is 4.62. The van der Waals surface area contributed by atoms with Gasteiger partial charge in [-0.25, -0.2) is 0 Å². The van der Waals surface area contributed by atoms with Crippen LogP contribution >= 0.6 is 0 Å². The van der Waals surface area contributed by atoms with Crippen molar-refractivity contribution in [2.45, 2.75) is 19.9 Å². The monoisotopic (exact) mass is 282 g/mol. The molecular weight excluding hydrogens is 260 g/mol. The molecule has 8 nitrogen and oxygen atoms in total. The van der Waals surface area contributed by atoms with Gasteiger partial charge in [0.15, 0.2) is 0 Å². The highest BCUT2D eigenvalue weighted by atomic mass is 16.5. The summed E-state index contributed by atoms with van der Waals surface area (Å²) >= 11 is 0. The number of nitrogens with zero attached hydrogens (tertiary/aromatic N) is 4. The van der Waals surface area contributed by atoms with Gasteiger partial charge in [-0.05, 0) is 13.8 Å². The molecule has 20 heavy (non-hydrogen) atoms. The van der Waals surface area contributed by atoms with E-state index in [1.165, 1.54) is 0 Å². The van der Waals surface area contributed by atoms with Crippen LogP contribution in [-0.4, -0.2) is 60.5 Å². The Hall–Kier alpha value is -1.67. The topological polar surface area (TPSA) is 98.4 Å². The summed E-state index contributed by atoms with van der Waals surface area (Å²) < 4.78 is 10.7. The van der Waals surface area contributed by atoms with E-state index in [0.29, 0.717) is 38.3 Å². The van der Waals surface area contributed by atoms with Crippen molar-refractivity contribution in [3.05, 3.63) is 0 Å². The minimum absolute atomic E-state index is 0.106. The number of rotatable bonds is 6. The molecule has 0 spiro atoms. The van der Waals surface area contributed by atoms with Crippen LogP contribution < -0.4 is 16.0 Å². The molecule has 1 atom stereocenters. The Morgan fingerprint density at radius 2 is 2.10 bits per heavy atom. The van der Waals surface area contributed by atoms with E-state index >= 15 is 0 Å². The predicted octanol–water partition coefficient (Wildman–Crippen LogP) is 0.127. The third-order valence-electron chi connectivity index (χ3n) is 2.88. The fourth-order valence-corrected chi connectivity index (χ4v) is 1.91. The first-order valence-corrected chi connectivity index (χ1v) is 6.87. The SMILES string of the molecule is CCOCC(C)Nc1nc(N)nc(N2CCOCC2)n1. The van der Waals surface area contributed by atoms with Gasteiger partial charge >= 0.3 is 0 Å². The summed E-state index contributed by atoms with van der Waals surface area (Å²) in [5.41, 5.74) is 5.75. The number of nitrogen functional groups attached to an aromatic ring is 1. The number of aromatic nitrogens is 3. The van der Waals surface area contributed by atoms with Crippen LogP contribution in [0, 0.1) is 0 Å². The molecule has 0 radical (unpaired) electrons. The maximum absolute atomic E-state index is 5.75. The lowest BCUT2D eigenvalue weighted by Gasteiger charge is -2.27. The number of nitrogens with two attached hydrogens (primary N) is 1. The molecule has 1 aromatic heterocycles. The Morgan fingerprint density at radius 3 is 2.80 bits per heavy atom. The first-order valence-electron chi connectivity index (χ1n) is 6.87. The number of morpholine rings is 1. The van der Waals surface area contributed by atoms with E-state index < -0.39 is 0 Å². The zero-order valence-corrected chi connectivity index (χ0v) is 12.0. The average Bonchev–Trinajstić information content (AvgIpc) is 2.45. The largest absolute Gasteiger partial charge is 0.380 e. The Labute approximate surface area is 118 Å². The molecule has 2 heterocycles. The minimum atomic E-state index is 0.106. The standard InChI is InChI=1S/C12H22N6O2/c1-3-19-8-9(2)14-11-15-10(13)16-12(17-11)18-4-6-20-7-5-18/h9H,3-8H2,1-2H3,(H3,13,14,15,16,17). The second kappa shape index (κ2) is 7.20.